The molecule has 0 saturated carbocycles. The Hall–Kier alpha value is -2.93. The van der Waals surface area contributed by atoms with E-state index < -0.39 is 10.9 Å². The summed E-state index contributed by atoms with van der Waals surface area (Å²) in [5, 5.41) is 14.4. The van der Waals surface area contributed by atoms with E-state index in [9.17, 15) is 14.9 Å². The topological polar surface area (TPSA) is 108 Å². The van der Waals surface area contributed by atoms with E-state index in [0.717, 1.165) is 0 Å². The molecule has 0 aliphatic rings. The van der Waals surface area contributed by atoms with Gasteiger partial charge in [0.2, 0.25) is 0 Å². The second-order valence-electron chi connectivity index (χ2n) is 4.17. The lowest BCUT2D eigenvalue weighted by molar-refractivity contribution is -0.384. The molecule has 8 heteroatoms. The van der Waals surface area contributed by atoms with Gasteiger partial charge in [0.05, 0.1) is 10.5 Å². The van der Waals surface area contributed by atoms with Crippen molar-refractivity contribution in [3.05, 3.63) is 74.8 Å². The summed E-state index contributed by atoms with van der Waals surface area (Å²) in [5.74, 6) is -0.794. The molecule has 0 spiro atoms. The van der Waals surface area contributed by atoms with Gasteiger partial charge < -0.3 is 10.6 Å². The van der Waals surface area contributed by atoms with Crippen LogP contribution in [0.15, 0.2) is 53.7 Å². The van der Waals surface area contributed by atoms with Crippen LogP contribution in [0.4, 0.5) is 5.69 Å². The van der Waals surface area contributed by atoms with E-state index in [4.69, 9.17) is 22.2 Å². The van der Waals surface area contributed by atoms with E-state index in [1.54, 1.807) is 12.1 Å². The molecule has 0 saturated heterocycles. The van der Waals surface area contributed by atoms with Crippen LogP contribution < -0.4 is 5.73 Å². The van der Waals surface area contributed by atoms with E-state index in [2.05, 4.69) is 5.16 Å². The molecule has 112 valence electrons. The fourth-order valence-corrected chi connectivity index (χ4v) is 1.76. The van der Waals surface area contributed by atoms with Crippen molar-refractivity contribution < 1.29 is 14.6 Å². The number of benzene rings is 2. The van der Waals surface area contributed by atoms with Gasteiger partial charge in [0.25, 0.3) is 5.69 Å². The molecule has 2 N–H and O–H groups in total. The van der Waals surface area contributed by atoms with Crippen molar-refractivity contribution in [1.29, 1.82) is 0 Å². The Balaban J connectivity index is 2.09. The third-order valence-electron chi connectivity index (χ3n) is 2.66. The molecule has 0 aromatic heterocycles. The van der Waals surface area contributed by atoms with Crippen molar-refractivity contribution in [3.63, 3.8) is 0 Å². The maximum atomic E-state index is 11.7. The summed E-state index contributed by atoms with van der Waals surface area (Å²) in [4.78, 5) is 26.5. The molecule has 0 radical (unpaired) electrons. The third kappa shape index (κ3) is 3.80. The van der Waals surface area contributed by atoms with Crippen molar-refractivity contribution in [2.24, 2.45) is 10.9 Å². The van der Waals surface area contributed by atoms with Crippen LogP contribution in [0.25, 0.3) is 0 Å². The van der Waals surface area contributed by atoms with Gasteiger partial charge in [-0.05, 0) is 30.3 Å². The van der Waals surface area contributed by atoms with E-state index in [1.807, 2.05) is 0 Å². The molecular formula is C14H10ClN3O4. The highest BCUT2D eigenvalue weighted by Crippen LogP contribution is 2.13. The highest BCUT2D eigenvalue weighted by molar-refractivity contribution is 6.30. The van der Waals surface area contributed by atoms with E-state index in [1.165, 1.54) is 36.4 Å². The van der Waals surface area contributed by atoms with Gasteiger partial charge in [-0.2, -0.15) is 0 Å². The molecule has 0 heterocycles. The van der Waals surface area contributed by atoms with Crippen LogP contribution in [0, 0.1) is 10.1 Å². The first-order valence-electron chi connectivity index (χ1n) is 6.02. The number of nitro groups is 1. The minimum atomic E-state index is -0.715. The number of amidine groups is 1. The van der Waals surface area contributed by atoms with Crippen LogP contribution in [0.3, 0.4) is 0 Å². The Morgan fingerprint density at radius 3 is 2.45 bits per heavy atom. The van der Waals surface area contributed by atoms with E-state index in [-0.39, 0.29) is 17.1 Å². The predicted molar refractivity (Wildman–Crippen MR) is 80.7 cm³/mol. The standard InChI is InChI=1S/C14H10ClN3O4/c15-11-3-1-2-10(8-11)14(19)22-17-13(16)9-4-6-12(7-5-9)18(20)21/h1-8H,(H2,16,17). The number of nitro benzene ring substituents is 1. The lowest BCUT2D eigenvalue weighted by Crippen LogP contribution is -2.15. The molecule has 2 aromatic carbocycles. The molecule has 2 rings (SSSR count). The van der Waals surface area contributed by atoms with Gasteiger partial charge in [0.15, 0.2) is 5.84 Å². The average Bonchev–Trinajstić information content (AvgIpc) is 2.52. The number of nitrogens with two attached hydrogens (primary N) is 1. The summed E-state index contributed by atoms with van der Waals surface area (Å²) >= 11 is 5.76. The van der Waals surface area contributed by atoms with Crippen molar-refractivity contribution in [3.8, 4) is 0 Å². The molecule has 2 aromatic rings. The molecule has 0 fully saturated rings. The molecule has 0 aliphatic heterocycles. The Morgan fingerprint density at radius 1 is 1.18 bits per heavy atom. The second kappa shape index (κ2) is 6.68. The fourth-order valence-electron chi connectivity index (χ4n) is 1.57. The first-order valence-corrected chi connectivity index (χ1v) is 6.40. The normalized spacial score (nSPS) is 11.0. The Bertz CT molecular complexity index is 744. The summed E-state index contributed by atoms with van der Waals surface area (Å²) in [5.41, 5.74) is 6.20. The molecule has 0 unspecified atom stereocenters. The summed E-state index contributed by atoms with van der Waals surface area (Å²) < 4.78 is 0. The number of carbonyl (C=O) groups is 1. The second-order valence-corrected chi connectivity index (χ2v) is 4.61. The number of hydrogen-bond acceptors (Lipinski definition) is 5. The minimum absolute atomic E-state index is 0.0764. The zero-order chi connectivity index (χ0) is 16.1. The van der Waals surface area contributed by atoms with Gasteiger partial charge in [-0.1, -0.05) is 22.8 Å². The van der Waals surface area contributed by atoms with Crippen LogP contribution in [0.1, 0.15) is 15.9 Å². The average molecular weight is 320 g/mol. The van der Waals surface area contributed by atoms with Crippen LogP contribution in [0.2, 0.25) is 5.02 Å². The lowest BCUT2D eigenvalue weighted by Gasteiger charge is -2.01. The molecular weight excluding hydrogens is 310 g/mol. The number of hydrogen-bond donors (Lipinski definition) is 1. The Labute approximate surface area is 130 Å². The van der Waals surface area contributed by atoms with Gasteiger partial charge in [-0.3, -0.25) is 10.1 Å². The summed E-state index contributed by atoms with van der Waals surface area (Å²) in [6.45, 7) is 0. The summed E-state index contributed by atoms with van der Waals surface area (Å²) in [6, 6.07) is 11.5. The van der Waals surface area contributed by atoms with Crippen LogP contribution in [-0.2, 0) is 4.84 Å². The minimum Gasteiger partial charge on any atom is -0.380 e. The first kappa shape index (κ1) is 15.5. The number of oxime groups is 1. The third-order valence-corrected chi connectivity index (χ3v) is 2.90. The lowest BCUT2D eigenvalue weighted by atomic mass is 10.2. The Kier molecular flexibility index (Phi) is 4.70. The van der Waals surface area contributed by atoms with Gasteiger partial charge in [0.1, 0.15) is 0 Å². The van der Waals surface area contributed by atoms with Gasteiger partial charge in [0, 0.05) is 22.7 Å². The zero-order valence-electron chi connectivity index (χ0n) is 11.1. The Morgan fingerprint density at radius 2 is 1.86 bits per heavy atom. The monoisotopic (exact) mass is 319 g/mol. The number of carbonyl (C=O) groups excluding carboxylic acids is 1. The van der Waals surface area contributed by atoms with Crippen LogP contribution >= 0.6 is 11.6 Å². The van der Waals surface area contributed by atoms with Gasteiger partial charge in [-0.15, -0.1) is 0 Å². The van der Waals surface area contributed by atoms with Crippen molar-refractivity contribution >= 4 is 29.1 Å². The molecule has 0 amide bonds. The molecule has 0 aliphatic carbocycles. The smallest absolute Gasteiger partial charge is 0.365 e. The SMILES string of the molecule is NC(=NOC(=O)c1cccc(Cl)c1)c1ccc([N+](=O)[O-])cc1. The zero-order valence-corrected chi connectivity index (χ0v) is 11.9. The number of non-ortho nitro benzene ring substituents is 1. The summed E-state index contributed by atoms with van der Waals surface area (Å²) in [6.07, 6.45) is 0. The number of halogens is 1. The van der Waals surface area contributed by atoms with Gasteiger partial charge >= 0.3 is 5.97 Å². The largest absolute Gasteiger partial charge is 0.380 e. The highest BCUT2D eigenvalue weighted by Gasteiger charge is 2.09. The van der Waals surface area contributed by atoms with Gasteiger partial charge in [-0.25, -0.2) is 4.79 Å². The van der Waals surface area contributed by atoms with Crippen molar-refractivity contribution in [2.75, 3.05) is 0 Å². The maximum Gasteiger partial charge on any atom is 0.365 e. The molecule has 7 nitrogen and oxygen atoms in total. The van der Waals surface area contributed by atoms with Crippen molar-refractivity contribution in [2.45, 2.75) is 0 Å². The van der Waals surface area contributed by atoms with E-state index >= 15 is 0 Å². The van der Waals surface area contributed by atoms with Crippen LogP contribution in [0.5, 0.6) is 0 Å². The molecule has 0 atom stereocenters. The van der Waals surface area contributed by atoms with E-state index in [0.29, 0.717) is 10.6 Å². The first-order chi connectivity index (χ1) is 10.5. The molecule has 0 bridgehead atoms. The molecule has 22 heavy (non-hydrogen) atoms. The van der Waals surface area contributed by atoms with Crippen molar-refractivity contribution in [1.82, 2.24) is 0 Å². The quantitative estimate of drug-likeness (QED) is 0.306. The highest BCUT2D eigenvalue weighted by atomic mass is 35.5. The predicted octanol–water partition coefficient (Wildman–Crippen LogP) is 2.73. The summed E-state index contributed by atoms with van der Waals surface area (Å²) in [7, 11) is 0. The fraction of sp³-hybridized carbons (Fsp3) is 0. The maximum absolute atomic E-state index is 11.7. The number of rotatable bonds is 4. The van der Waals surface area contributed by atoms with Crippen LogP contribution in [-0.4, -0.2) is 16.7 Å². The number of nitrogens with zero attached hydrogens (tertiary/aromatic N) is 2.